The van der Waals surface area contributed by atoms with Crippen LogP contribution in [0.3, 0.4) is 0 Å². The number of hydrogen-bond acceptors (Lipinski definition) is 4. The average molecular weight is 383 g/mol. The van der Waals surface area contributed by atoms with Crippen molar-refractivity contribution in [3.05, 3.63) is 58.9 Å². The van der Waals surface area contributed by atoms with E-state index in [1.165, 1.54) is 15.8 Å². The van der Waals surface area contributed by atoms with Gasteiger partial charge in [-0.25, -0.2) is 9.37 Å². The van der Waals surface area contributed by atoms with E-state index < -0.39 is 5.82 Å². The molecule has 27 heavy (non-hydrogen) atoms. The fraction of sp³-hybridized carbons (Fsp3) is 0.333. The molecule has 0 unspecified atom stereocenters. The fourth-order valence-electron chi connectivity index (χ4n) is 3.52. The van der Waals surface area contributed by atoms with Gasteiger partial charge >= 0.3 is 0 Å². The lowest BCUT2D eigenvalue weighted by atomic mass is 9.97. The molecule has 0 aliphatic carbocycles. The van der Waals surface area contributed by atoms with Crippen molar-refractivity contribution in [3.63, 3.8) is 0 Å². The molecule has 4 rings (SSSR count). The van der Waals surface area contributed by atoms with Gasteiger partial charge in [0.25, 0.3) is 0 Å². The maximum Gasteiger partial charge on any atom is 0.238 e. The molecule has 1 saturated heterocycles. The molecule has 1 fully saturated rings. The molecule has 6 heteroatoms. The number of anilines is 1. The lowest BCUT2D eigenvalue weighted by Crippen LogP contribution is -2.38. The van der Waals surface area contributed by atoms with E-state index in [0.29, 0.717) is 12.5 Å². The van der Waals surface area contributed by atoms with Crippen molar-refractivity contribution < 1.29 is 9.18 Å². The van der Waals surface area contributed by atoms with E-state index in [2.05, 4.69) is 22.3 Å². The smallest absolute Gasteiger partial charge is 0.238 e. The Labute approximate surface area is 162 Å². The lowest BCUT2D eigenvalue weighted by molar-refractivity contribution is -0.117. The summed E-state index contributed by atoms with van der Waals surface area (Å²) in [6.07, 6.45) is 1.98. The van der Waals surface area contributed by atoms with Crippen molar-refractivity contribution in [1.29, 1.82) is 0 Å². The summed E-state index contributed by atoms with van der Waals surface area (Å²) < 4.78 is 15.1. The summed E-state index contributed by atoms with van der Waals surface area (Å²) in [5.74, 6) is -0.106. The van der Waals surface area contributed by atoms with E-state index in [1.807, 2.05) is 19.1 Å². The Morgan fingerprint density at radius 1 is 1.26 bits per heavy atom. The number of benzene rings is 2. The number of aryl methyl sites for hydroxylation is 1. The zero-order chi connectivity index (χ0) is 18.8. The van der Waals surface area contributed by atoms with Crippen LogP contribution >= 0.6 is 11.3 Å². The highest BCUT2D eigenvalue weighted by atomic mass is 32.1. The van der Waals surface area contributed by atoms with Crippen LogP contribution < -0.4 is 5.32 Å². The number of para-hydroxylation sites is 1. The maximum absolute atomic E-state index is 13.9. The molecule has 2 heterocycles. The number of thiazole rings is 1. The minimum absolute atomic E-state index is 0.170. The van der Waals surface area contributed by atoms with Gasteiger partial charge in [0, 0.05) is 5.92 Å². The Morgan fingerprint density at radius 2 is 2.04 bits per heavy atom. The Morgan fingerprint density at radius 3 is 2.78 bits per heavy atom. The first-order valence-corrected chi connectivity index (χ1v) is 10.0. The highest BCUT2D eigenvalue weighted by molar-refractivity contribution is 7.18. The van der Waals surface area contributed by atoms with Crippen LogP contribution in [0.1, 0.15) is 29.3 Å². The van der Waals surface area contributed by atoms with E-state index in [9.17, 15) is 9.18 Å². The number of nitrogens with zero attached hydrogens (tertiary/aromatic N) is 2. The third-order valence-electron chi connectivity index (χ3n) is 5.01. The standard InChI is InChI=1S/C21H22FN3OS/c1-14-6-7-17(16(22)12-14)23-20(26)13-25-10-8-15(9-11-25)21-24-18-4-2-3-5-19(18)27-21/h2-7,12,15H,8-11,13H2,1H3,(H,23,26). The molecule has 2 aromatic carbocycles. The number of aromatic nitrogens is 1. The molecule has 1 aliphatic heterocycles. The molecule has 1 aliphatic rings. The van der Waals surface area contributed by atoms with Gasteiger partial charge in [-0.3, -0.25) is 9.69 Å². The molecule has 4 nitrogen and oxygen atoms in total. The predicted octanol–water partition coefficient (Wildman–Crippen LogP) is 4.56. The second-order valence-corrected chi connectivity index (χ2v) is 8.16. The first-order valence-electron chi connectivity index (χ1n) is 9.22. The highest BCUT2D eigenvalue weighted by Gasteiger charge is 2.24. The van der Waals surface area contributed by atoms with Gasteiger partial charge in [0.05, 0.1) is 27.5 Å². The van der Waals surface area contributed by atoms with Crippen molar-refractivity contribution in [2.45, 2.75) is 25.7 Å². The Balaban J connectivity index is 1.31. The molecular formula is C21H22FN3OS. The third-order valence-corrected chi connectivity index (χ3v) is 6.21. The summed E-state index contributed by atoms with van der Waals surface area (Å²) in [6.45, 7) is 3.82. The monoisotopic (exact) mass is 383 g/mol. The summed E-state index contributed by atoms with van der Waals surface area (Å²) in [4.78, 5) is 19.2. The van der Waals surface area contributed by atoms with Gasteiger partial charge in [0.15, 0.2) is 0 Å². The minimum atomic E-state index is -0.391. The van der Waals surface area contributed by atoms with Crippen molar-refractivity contribution in [1.82, 2.24) is 9.88 Å². The van der Waals surface area contributed by atoms with Crippen molar-refractivity contribution in [3.8, 4) is 0 Å². The molecule has 3 aromatic rings. The first-order chi connectivity index (χ1) is 13.1. The lowest BCUT2D eigenvalue weighted by Gasteiger charge is -2.30. The minimum Gasteiger partial charge on any atom is -0.322 e. The first kappa shape index (κ1) is 18.1. The molecule has 1 aromatic heterocycles. The number of carbonyl (C=O) groups excluding carboxylic acids is 1. The highest BCUT2D eigenvalue weighted by Crippen LogP contribution is 2.33. The van der Waals surface area contributed by atoms with Gasteiger partial charge in [0.2, 0.25) is 5.91 Å². The number of fused-ring (bicyclic) bond motifs is 1. The SMILES string of the molecule is Cc1ccc(NC(=O)CN2CCC(c3nc4ccccc4s3)CC2)c(F)c1. The summed E-state index contributed by atoms with van der Waals surface area (Å²) in [5.41, 5.74) is 2.15. The van der Waals surface area contributed by atoms with E-state index in [1.54, 1.807) is 23.5 Å². The summed E-state index contributed by atoms with van der Waals surface area (Å²) in [7, 11) is 0. The molecule has 0 saturated carbocycles. The topological polar surface area (TPSA) is 45.2 Å². The van der Waals surface area contributed by atoms with E-state index in [4.69, 9.17) is 4.98 Å². The quantitative estimate of drug-likeness (QED) is 0.718. The normalized spacial score (nSPS) is 15.9. The number of likely N-dealkylation sites (tertiary alicyclic amines) is 1. The third kappa shape index (κ3) is 4.17. The molecule has 0 spiro atoms. The second-order valence-electron chi connectivity index (χ2n) is 7.10. The van der Waals surface area contributed by atoms with Crippen LogP contribution in [0.15, 0.2) is 42.5 Å². The zero-order valence-electron chi connectivity index (χ0n) is 15.2. The van der Waals surface area contributed by atoms with Gasteiger partial charge in [-0.2, -0.15) is 0 Å². The Hall–Kier alpha value is -2.31. The Kier molecular flexibility index (Phi) is 5.18. The van der Waals surface area contributed by atoms with Gasteiger partial charge < -0.3 is 5.32 Å². The number of amides is 1. The summed E-state index contributed by atoms with van der Waals surface area (Å²) in [5, 5.41) is 3.88. The average Bonchev–Trinajstić information content (AvgIpc) is 3.09. The number of halogens is 1. The van der Waals surface area contributed by atoms with Crippen LogP contribution in [0, 0.1) is 12.7 Å². The van der Waals surface area contributed by atoms with Crippen molar-refractivity contribution >= 4 is 33.1 Å². The number of piperidine rings is 1. The van der Waals surface area contributed by atoms with Crippen LogP contribution in [0.5, 0.6) is 0 Å². The van der Waals surface area contributed by atoms with E-state index in [0.717, 1.165) is 37.0 Å². The van der Waals surface area contributed by atoms with Gasteiger partial charge in [-0.15, -0.1) is 11.3 Å². The molecule has 1 N–H and O–H groups in total. The van der Waals surface area contributed by atoms with E-state index in [-0.39, 0.29) is 11.6 Å². The maximum atomic E-state index is 13.9. The van der Waals surface area contributed by atoms with Crippen LogP contribution in [0.2, 0.25) is 0 Å². The van der Waals surface area contributed by atoms with Gasteiger partial charge in [-0.1, -0.05) is 18.2 Å². The van der Waals surface area contributed by atoms with E-state index >= 15 is 0 Å². The molecule has 0 bridgehead atoms. The van der Waals surface area contributed by atoms with Gasteiger partial charge in [0.1, 0.15) is 5.82 Å². The predicted molar refractivity (Wildman–Crippen MR) is 108 cm³/mol. The number of hydrogen-bond donors (Lipinski definition) is 1. The Bertz CT molecular complexity index is 930. The zero-order valence-corrected chi connectivity index (χ0v) is 16.1. The van der Waals surface area contributed by atoms with Crippen LogP contribution in [0.4, 0.5) is 10.1 Å². The second kappa shape index (κ2) is 7.74. The van der Waals surface area contributed by atoms with Crippen LogP contribution in [-0.2, 0) is 4.79 Å². The van der Waals surface area contributed by atoms with Crippen LogP contribution in [0.25, 0.3) is 10.2 Å². The number of carbonyl (C=O) groups is 1. The van der Waals surface area contributed by atoms with Crippen LogP contribution in [-0.4, -0.2) is 35.4 Å². The molecule has 0 radical (unpaired) electrons. The number of nitrogens with one attached hydrogen (secondary N) is 1. The molecule has 140 valence electrons. The molecule has 0 atom stereocenters. The largest absolute Gasteiger partial charge is 0.322 e. The summed E-state index contributed by atoms with van der Waals surface area (Å²) >= 11 is 1.77. The summed E-state index contributed by atoms with van der Waals surface area (Å²) in [6, 6.07) is 13.1. The van der Waals surface area contributed by atoms with Gasteiger partial charge in [-0.05, 0) is 62.7 Å². The molecular weight excluding hydrogens is 361 g/mol. The number of rotatable bonds is 4. The van der Waals surface area contributed by atoms with Crippen molar-refractivity contribution in [2.75, 3.05) is 25.0 Å². The van der Waals surface area contributed by atoms with Crippen molar-refractivity contribution in [2.24, 2.45) is 0 Å². The molecule has 1 amide bonds. The fourth-order valence-corrected chi connectivity index (χ4v) is 4.65.